The molecular formula is C12H17NO. The molecule has 2 nitrogen and oxygen atoms in total. The Hall–Kier alpha value is -1.31. The topological polar surface area (TPSA) is 33.1 Å². The summed E-state index contributed by atoms with van der Waals surface area (Å²) >= 11 is 0. The Balaban J connectivity index is 2.62. The van der Waals surface area contributed by atoms with E-state index in [1.165, 1.54) is 5.56 Å². The summed E-state index contributed by atoms with van der Waals surface area (Å²) in [6.45, 7) is 2.08. The molecule has 1 atom stereocenters. The molecule has 0 spiro atoms. The molecule has 0 heterocycles. The van der Waals surface area contributed by atoms with Crippen molar-refractivity contribution < 1.29 is 4.74 Å². The maximum absolute atomic E-state index is 7.62. The second-order valence-electron chi connectivity index (χ2n) is 3.36. The van der Waals surface area contributed by atoms with Crippen molar-refractivity contribution in [2.75, 3.05) is 7.11 Å². The summed E-state index contributed by atoms with van der Waals surface area (Å²) in [6.07, 6.45) is 1.84. The van der Waals surface area contributed by atoms with Crippen molar-refractivity contribution in [3.8, 4) is 0 Å². The van der Waals surface area contributed by atoms with Crippen LogP contribution in [-0.2, 0) is 11.2 Å². The second kappa shape index (κ2) is 5.43. The number of hydrogen-bond acceptors (Lipinski definition) is 2. The molecule has 1 rings (SSSR count). The van der Waals surface area contributed by atoms with Crippen LogP contribution in [0.4, 0.5) is 0 Å². The molecule has 0 unspecified atom stereocenters. The SMILES string of the molecule is CC[C@H](Cc1ccccc1)C(=N)OC. The monoisotopic (exact) mass is 191 g/mol. The number of nitrogens with one attached hydrogen (secondary N) is 1. The summed E-state index contributed by atoms with van der Waals surface area (Å²) in [5, 5.41) is 7.62. The van der Waals surface area contributed by atoms with Gasteiger partial charge in [-0.3, -0.25) is 5.41 Å². The van der Waals surface area contributed by atoms with Gasteiger partial charge in [0.2, 0.25) is 0 Å². The minimum Gasteiger partial charge on any atom is -0.484 e. The Labute approximate surface area is 85.4 Å². The Kier molecular flexibility index (Phi) is 4.17. The standard InChI is InChI=1S/C12H17NO/c1-3-11(12(13)14-2)9-10-7-5-4-6-8-10/h4-8,11,13H,3,9H2,1-2H3/t11-/m1/s1. The molecule has 1 N–H and O–H groups in total. The predicted octanol–water partition coefficient (Wildman–Crippen LogP) is 2.88. The van der Waals surface area contributed by atoms with Gasteiger partial charge in [-0.05, 0) is 18.4 Å². The van der Waals surface area contributed by atoms with Gasteiger partial charge < -0.3 is 4.74 Å². The summed E-state index contributed by atoms with van der Waals surface area (Å²) < 4.78 is 4.96. The number of hydrogen-bond donors (Lipinski definition) is 1. The molecule has 0 bridgehead atoms. The van der Waals surface area contributed by atoms with Crippen LogP contribution in [-0.4, -0.2) is 13.0 Å². The van der Waals surface area contributed by atoms with E-state index in [4.69, 9.17) is 10.1 Å². The van der Waals surface area contributed by atoms with E-state index in [0.717, 1.165) is 12.8 Å². The first-order chi connectivity index (χ1) is 6.77. The first-order valence-corrected chi connectivity index (χ1v) is 4.94. The van der Waals surface area contributed by atoms with E-state index in [2.05, 4.69) is 19.1 Å². The van der Waals surface area contributed by atoms with Gasteiger partial charge in [0.25, 0.3) is 0 Å². The molecule has 0 aliphatic heterocycles. The van der Waals surface area contributed by atoms with Crippen LogP contribution in [0, 0.1) is 11.3 Å². The lowest BCUT2D eigenvalue weighted by molar-refractivity contribution is 0.356. The first kappa shape index (κ1) is 10.8. The van der Waals surface area contributed by atoms with Gasteiger partial charge in [-0.2, -0.15) is 0 Å². The van der Waals surface area contributed by atoms with Crippen LogP contribution in [0.25, 0.3) is 0 Å². The molecule has 0 fully saturated rings. The summed E-state index contributed by atoms with van der Waals surface area (Å²) in [6, 6.07) is 10.2. The molecule has 0 radical (unpaired) electrons. The zero-order chi connectivity index (χ0) is 10.4. The zero-order valence-corrected chi connectivity index (χ0v) is 8.79. The summed E-state index contributed by atoms with van der Waals surface area (Å²) in [5.41, 5.74) is 1.26. The number of benzene rings is 1. The van der Waals surface area contributed by atoms with E-state index in [0.29, 0.717) is 5.90 Å². The zero-order valence-electron chi connectivity index (χ0n) is 8.79. The fourth-order valence-corrected chi connectivity index (χ4v) is 1.49. The molecule has 0 saturated carbocycles. The minimum absolute atomic E-state index is 0.211. The van der Waals surface area contributed by atoms with Gasteiger partial charge in [-0.1, -0.05) is 37.3 Å². The largest absolute Gasteiger partial charge is 0.484 e. The van der Waals surface area contributed by atoms with Gasteiger partial charge in [0.15, 0.2) is 5.90 Å². The molecule has 1 aromatic rings. The predicted molar refractivity (Wildman–Crippen MR) is 58.7 cm³/mol. The molecule has 14 heavy (non-hydrogen) atoms. The molecule has 76 valence electrons. The third-order valence-electron chi connectivity index (χ3n) is 2.41. The molecular weight excluding hydrogens is 174 g/mol. The van der Waals surface area contributed by atoms with Crippen molar-refractivity contribution in [2.24, 2.45) is 5.92 Å². The Bertz CT molecular complexity index is 282. The fourth-order valence-electron chi connectivity index (χ4n) is 1.49. The molecule has 2 heteroatoms. The van der Waals surface area contributed by atoms with Crippen molar-refractivity contribution in [3.63, 3.8) is 0 Å². The van der Waals surface area contributed by atoms with Crippen LogP contribution in [0.3, 0.4) is 0 Å². The normalized spacial score (nSPS) is 12.1. The maximum atomic E-state index is 7.62. The number of rotatable bonds is 4. The van der Waals surface area contributed by atoms with Gasteiger partial charge in [-0.25, -0.2) is 0 Å². The van der Waals surface area contributed by atoms with Gasteiger partial charge >= 0.3 is 0 Å². The molecule has 0 aliphatic carbocycles. The summed E-state index contributed by atoms with van der Waals surface area (Å²) in [4.78, 5) is 0. The smallest absolute Gasteiger partial charge is 0.183 e. The lowest BCUT2D eigenvalue weighted by Crippen LogP contribution is -2.17. The molecule has 0 saturated heterocycles. The fraction of sp³-hybridized carbons (Fsp3) is 0.417. The third-order valence-corrected chi connectivity index (χ3v) is 2.41. The first-order valence-electron chi connectivity index (χ1n) is 4.94. The Morgan fingerprint density at radius 3 is 2.50 bits per heavy atom. The lowest BCUT2D eigenvalue weighted by atomic mass is 9.97. The van der Waals surface area contributed by atoms with Crippen LogP contribution in [0.1, 0.15) is 18.9 Å². The Morgan fingerprint density at radius 1 is 1.36 bits per heavy atom. The molecule has 1 aromatic carbocycles. The molecule has 0 aliphatic rings. The highest BCUT2D eigenvalue weighted by atomic mass is 16.5. The van der Waals surface area contributed by atoms with Crippen LogP contribution in [0.2, 0.25) is 0 Å². The van der Waals surface area contributed by atoms with Gasteiger partial charge in [-0.15, -0.1) is 0 Å². The third kappa shape index (κ3) is 2.87. The number of ether oxygens (including phenoxy) is 1. The van der Waals surface area contributed by atoms with Crippen LogP contribution >= 0.6 is 0 Å². The highest BCUT2D eigenvalue weighted by Crippen LogP contribution is 2.13. The van der Waals surface area contributed by atoms with Crippen molar-refractivity contribution >= 4 is 5.90 Å². The average molecular weight is 191 g/mol. The lowest BCUT2D eigenvalue weighted by Gasteiger charge is -2.14. The highest BCUT2D eigenvalue weighted by molar-refractivity contribution is 5.75. The minimum atomic E-state index is 0.211. The highest BCUT2D eigenvalue weighted by Gasteiger charge is 2.13. The van der Waals surface area contributed by atoms with E-state index in [-0.39, 0.29) is 5.92 Å². The van der Waals surface area contributed by atoms with Gasteiger partial charge in [0, 0.05) is 5.92 Å². The van der Waals surface area contributed by atoms with E-state index in [1.807, 2.05) is 18.2 Å². The number of methoxy groups -OCH3 is 1. The second-order valence-corrected chi connectivity index (χ2v) is 3.36. The quantitative estimate of drug-likeness (QED) is 0.576. The molecule has 0 aromatic heterocycles. The van der Waals surface area contributed by atoms with Crippen molar-refractivity contribution in [2.45, 2.75) is 19.8 Å². The molecule has 0 amide bonds. The van der Waals surface area contributed by atoms with Crippen molar-refractivity contribution in [1.82, 2.24) is 0 Å². The van der Waals surface area contributed by atoms with Gasteiger partial charge in [0.05, 0.1) is 7.11 Å². The Morgan fingerprint density at radius 2 is 2.00 bits per heavy atom. The van der Waals surface area contributed by atoms with E-state index in [9.17, 15) is 0 Å². The van der Waals surface area contributed by atoms with E-state index in [1.54, 1.807) is 7.11 Å². The van der Waals surface area contributed by atoms with Crippen LogP contribution in [0.5, 0.6) is 0 Å². The maximum Gasteiger partial charge on any atom is 0.183 e. The van der Waals surface area contributed by atoms with Gasteiger partial charge in [0.1, 0.15) is 0 Å². The van der Waals surface area contributed by atoms with Crippen molar-refractivity contribution in [1.29, 1.82) is 5.41 Å². The van der Waals surface area contributed by atoms with Crippen molar-refractivity contribution in [3.05, 3.63) is 35.9 Å². The van der Waals surface area contributed by atoms with E-state index < -0.39 is 0 Å². The van der Waals surface area contributed by atoms with Crippen LogP contribution in [0.15, 0.2) is 30.3 Å². The summed E-state index contributed by atoms with van der Waals surface area (Å²) in [7, 11) is 1.57. The van der Waals surface area contributed by atoms with E-state index >= 15 is 0 Å². The summed E-state index contributed by atoms with van der Waals surface area (Å²) in [5.74, 6) is 0.596. The average Bonchev–Trinajstić information content (AvgIpc) is 2.26. The van der Waals surface area contributed by atoms with Crippen LogP contribution < -0.4 is 0 Å².